The van der Waals surface area contributed by atoms with Crippen LogP contribution in [0, 0.1) is 6.92 Å². The Bertz CT molecular complexity index is 733. The fraction of sp³-hybridized carbons (Fsp3) is 0.625. The first-order valence-electron chi connectivity index (χ1n) is 8.00. The Morgan fingerprint density at radius 2 is 1.73 bits per heavy atom. The predicted molar refractivity (Wildman–Crippen MR) is 86.3 cm³/mol. The normalized spacial score (nSPS) is 23.4. The van der Waals surface area contributed by atoms with Crippen LogP contribution in [0.1, 0.15) is 52.4 Å². The minimum atomic E-state index is -0.419. The van der Waals surface area contributed by atoms with E-state index in [0.717, 1.165) is 22.6 Å². The SMILES string of the molecule is Cc1nc2ccc(B3OC(C)(C)C(C)(C)O3)nc2n1C1CC1. The van der Waals surface area contributed by atoms with E-state index in [2.05, 4.69) is 44.2 Å². The average molecular weight is 299 g/mol. The highest BCUT2D eigenvalue weighted by Gasteiger charge is 2.52. The number of nitrogens with zero attached hydrogens (tertiary/aromatic N) is 3. The summed E-state index contributed by atoms with van der Waals surface area (Å²) in [5.41, 5.74) is 2.03. The lowest BCUT2D eigenvalue weighted by Gasteiger charge is -2.32. The number of rotatable bonds is 2. The highest BCUT2D eigenvalue weighted by molar-refractivity contribution is 6.61. The van der Waals surface area contributed by atoms with Crippen molar-refractivity contribution >= 4 is 23.9 Å². The van der Waals surface area contributed by atoms with Gasteiger partial charge in [-0.3, -0.25) is 0 Å². The summed E-state index contributed by atoms with van der Waals surface area (Å²) in [4.78, 5) is 9.44. The second-order valence-corrected chi connectivity index (χ2v) is 7.43. The van der Waals surface area contributed by atoms with Crippen molar-refractivity contribution < 1.29 is 9.31 Å². The molecule has 0 radical (unpaired) electrons. The lowest BCUT2D eigenvalue weighted by molar-refractivity contribution is 0.00578. The van der Waals surface area contributed by atoms with Crippen LogP contribution < -0.4 is 5.59 Å². The molecule has 0 N–H and O–H groups in total. The Hall–Kier alpha value is -1.40. The number of aryl methyl sites for hydroxylation is 1. The van der Waals surface area contributed by atoms with Gasteiger partial charge in [0.05, 0.1) is 16.8 Å². The Balaban J connectivity index is 1.76. The molecule has 1 saturated heterocycles. The molecule has 1 aliphatic heterocycles. The first kappa shape index (κ1) is 14.2. The van der Waals surface area contributed by atoms with Gasteiger partial charge in [-0.05, 0) is 59.6 Å². The molecular weight excluding hydrogens is 277 g/mol. The molecule has 0 unspecified atom stereocenters. The van der Waals surface area contributed by atoms with E-state index in [1.807, 2.05) is 12.1 Å². The van der Waals surface area contributed by atoms with Gasteiger partial charge in [0.25, 0.3) is 0 Å². The monoisotopic (exact) mass is 299 g/mol. The van der Waals surface area contributed by atoms with Crippen LogP contribution in [0.2, 0.25) is 0 Å². The van der Waals surface area contributed by atoms with Gasteiger partial charge in [-0.25, -0.2) is 9.97 Å². The maximum absolute atomic E-state index is 6.11. The zero-order valence-electron chi connectivity index (χ0n) is 13.9. The van der Waals surface area contributed by atoms with Gasteiger partial charge >= 0.3 is 7.12 Å². The highest BCUT2D eigenvalue weighted by atomic mass is 16.7. The van der Waals surface area contributed by atoms with Crippen molar-refractivity contribution in [2.24, 2.45) is 0 Å². The Kier molecular flexibility index (Phi) is 2.80. The minimum absolute atomic E-state index is 0.346. The predicted octanol–water partition coefficient (Wildman–Crippen LogP) is 2.37. The minimum Gasteiger partial charge on any atom is -0.398 e. The molecule has 2 aromatic rings. The van der Waals surface area contributed by atoms with Gasteiger partial charge in [-0.15, -0.1) is 0 Å². The van der Waals surface area contributed by atoms with Crippen LogP contribution in [0.5, 0.6) is 0 Å². The van der Waals surface area contributed by atoms with Gasteiger partial charge in [0.1, 0.15) is 11.3 Å². The number of hydrogen-bond donors (Lipinski definition) is 0. The lowest BCUT2D eigenvalue weighted by atomic mass is 9.84. The summed E-state index contributed by atoms with van der Waals surface area (Å²) in [5.74, 6) is 1.04. The summed E-state index contributed by atoms with van der Waals surface area (Å²) < 4.78 is 14.5. The first-order valence-corrected chi connectivity index (χ1v) is 8.00. The van der Waals surface area contributed by atoms with Crippen molar-refractivity contribution in [2.45, 2.75) is 64.7 Å². The summed E-state index contributed by atoms with van der Waals surface area (Å²) in [6, 6.07) is 4.55. The maximum atomic E-state index is 6.11. The third-order valence-corrected chi connectivity index (χ3v) is 5.14. The fourth-order valence-corrected chi connectivity index (χ4v) is 2.97. The zero-order chi connectivity index (χ0) is 15.7. The van der Waals surface area contributed by atoms with E-state index >= 15 is 0 Å². The Morgan fingerprint density at radius 3 is 2.32 bits per heavy atom. The summed E-state index contributed by atoms with van der Waals surface area (Å²) in [7, 11) is -0.419. The molecule has 2 fully saturated rings. The van der Waals surface area contributed by atoms with Crippen LogP contribution in [0.4, 0.5) is 0 Å². The van der Waals surface area contributed by atoms with E-state index in [4.69, 9.17) is 14.3 Å². The summed E-state index contributed by atoms with van der Waals surface area (Å²) in [6.07, 6.45) is 2.43. The number of imidazole rings is 1. The van der Waals surface area contributed by atoms with Crippen LogP contribution in [-0.2, 0) is 9.31 Å². The second-order valence-electron chi connectivity index (χ2n) is 7.43. The van der Waals surface area contributed by atoms with Gasteiger partial charge in [0.2, 0.25) is 0 Å². The molecule has 0 aromatic carbocycles. The fourth-order valence-electron chi connectivity index (χ4n) is 2.97. The summed E-state index contributed by atoms with van der Waals surface area (Å²) in [5, 5.41) is 0. The maximum Gasteiger partial charge on any atom is 0.514 e. The molecule has 0 atom stereocenters. The number of pyridine rings is 1. The molecule has 2 aliphatic rings. The third-order valence-electron chi connectivity index (χ3n) is 5.14. The molecule has 22 heavy (non-hydrogen) atoms. The van der Waals surface area contributed by atoms with Crippen molar-refractivity contribution in [2.75, 3.05) is 0 Å². The van der Waals surface area contributed by atoms with Crippen LogP contribution in [-0.4, -0.2) is 32.9 Å². The van der Waals surface area contributed by atoms with Crippen LogP contribution in [0.15, 0.2) is 12.1 Å². The van der Waals surface area contributed by atoms with Crippen molar-refractivity contribution in [3.8, 4) is 0 Å². The van der Waals surface area contributed by atoms with Crippen molar-refractivity contribution in [3.63, 3.8) is 0 Å². The van der Waals surface area contributed by atoms with Gasteiger partial charge in [-0.1, -0.05) is 0 Å². The lowest BCUT2D eigenvalue weighted by Crippen LogP contribution is -2.41. The quantitative estimate of drug-likeness (QED) is 0.799. The van der Waals surface area contributed by atoms with E-state index in [-0.39, 0.29) is 11.2 Å². The molecule has 1 aliphatic carbocycles. The van der Waals surface area contributed by atoms with Crippen molar-refractivity contribution in [1.82, 2.24) is 14.5 Å². The summed E-state index contributed by atoms with van der Waals surface area (Å²) in [6.45, 7) is 10.3. The molecule has 0 bridgehead atoms. The zero-order valence-corrected chi connectivity index (χ0v) is 13.9. The van der Waals surface area contributed by atoms with Crippen LogP contribution in [0.3, 0.4) is 0 Å². The summed E-state index contributed by atoms with van der Waals surface area (Å²) >= 11 is 0. The van der Waals surface area contributed by atoms with Crippen LogP contribution in [0.25, 0.3) is 11.2 Å². The molecule has 1 saturated carbocycles. The van der Waals surface area contributed by atoms with Gasteiger partial charge in [-0.2, -0.15) is 0 Å². The van der Waals surface area contributed by atoms with E-state index in [0.29, 0.717) is 6.04 Å². The molecule has 5 nitrogen and oxygen atoms in total. The van der Waals surface area contributed by atoms with Gasteiger partial charge in [0.15, 0.2) is 5.65 Å². The molecule has 3 heterocycles. The standard InChI is InChI=1S/C16H22BN3O2/c1-10-18-12-8-9-13(19-14(12)20(10)11-6-7-11)17-21-15(2,3)16(4,5)22-17/h8-9,11H,6-7H2,1-5H3. The molecule has 4 rings (SSSR count). The Morgan fingerprint density at radius 1 is 1.09 bits per heavy atom. The first-order chi connectivity index (χ1) is 10.3. The third kappa shape index (κ3) is 2.01. The highest BCUT2D eigenvalue weighted by Crippen LogP contribution is 2.38. The molecule has 2 aromatic heterocycles. The molecule has 6 heteroatoms. The van der Waals surface area contributed by atoms with Gasteiger partial charge in [0, 0.05) is 6.04 Å². The number of hydrogen-bond acceptors (Lipinski definition) is 4. The molecule has 116 valence electrons. The largest absolute Gasteiger partial charge is 0.514 e. The topological polar surface area (TPSA) is 49.2 Å². The van der Waals surface area contributed by atoms with E-state index in [9.17, 15) is 0 Å². The van der Waals surface area contributed by atoms with Crippen molar-refractivity contribution in [1.29, 1.82) is 0 Å². The van der Waals surface area contributed by atoms with Gasteiger partial charge < -0.3 is 13.9 Å². The Labute approximate surface area is 131 Å². The van der Waals surface area contributed by atoms with E-state index < -0.39 is 7.12 Å². The average Bonchev–Trinajstić information content (AvgIpc) is 3.14. The molecule has 0 spiro atoms. The molecule has 0 amide bonds. The number of fused-ring (bicyclic) bond motifs is 1. The van der Waals surface area contributed by atoms with Crippen LogP contribution >= 0.6 is 0 Å². The van der Waals surface area contributed by atoms with E-state index in [1.165, 1.54) is 12.8 Å². The molecular formula is C16H22BN3O2. The smallest absolute Gasteiger partial charge is 0.398 e. The number of aromatic nitrogens is 3. The van der Waals surface area contributed by atoms with Crippen molar-refractivity contribution in [3.05, 3.63) is 18.0 Å². The second kappa shape index (κ2) is 4.33. The van der Waals surface area contributed by atoms with E-state index in [1.54, 1.807) is 0 Å².